The minimum atomic E-state index is 0.286. The Bertz CT molecular complexity index is 563. The van der Waals surface area contributed by atoms with Crippen LogP contribution in [0.3, 0.4) is 0 Å². The van der Waals surface area contributed by atoms with E-state index in [2.05, 4.69) is 20.9 Å². The molecule has 124 valence electrons. The maximum absolute atomic E-state index is 9.12. The third kappa shape index (κ3) is 4.21. The van der Waals surface area contributed by atoms with E-state index >= 15 is 0 Å². The van der Waals surface area contributed by atoms with Gasteiger partial charge in [-0.2, -0.15) is 5.26 Å². The molecule has 3 heterocycles. The van der Waals surface area contributed by atoms with Gasteiger partial charge in [0.2, 0.25) is 0 Å². The predicted octanol–water partition coefficient (Wildman–Crippen LogP) is 2.34. The van der Waals surface area contributed by atoms with E-state index in [4.69, 9.17) is 10.00 Å². The Hall–Kier alpha value is -1.64. The normalized spacial score (nSPS) is 22.3. The van der Waals surface area contributed by atoms with Crippen LogP contribution in [-0.2, 0) is 4.74 Å². The second-order valence-electron chi connectivity index (χ2n) is 6.58. The van der Waals surface area contributed by atoms with Gasteiger partial charge in [-0.25, -0.2) is 4.98 Å². The van der Waals surface area contributed by atoms with Gasteiger partial charge in [0.15, 0.2) is 0 Å². The third-order valence-corrected chi connectivity index (χ3v) is 4.87. The van der Waals surface area contributed by atoms with Crippen molar-refractivity contribution in [3.8, 4) is 6.07 Å². The zero-order valence-electron chi connectivity index (χ0n) is 14.0. The summed E-state index contributed by atoms with van der Waals surface area (Å²) in [5.74, 6) is 0.897. The number of hydrogen-bond acceptors (Lipinski definition) is 5. The highest BCUT2D eigenvalue weighted by molar-refractivity contribution is 5.45. The summed E-state index contributed by atoms with van der Waals surface area (Å²) in [6.45, 7) is 8.08. The first-order valence-electron chi connectivity index (χ1n) is 8.73. The minimum Gasteiger partial charge on any atom is -0.375 e. The smallest absolute Gasteiger partial charge is 0.145 e. The Labute approximate surface area is 138 Å². The van der Waals surface area contributed by atoms with Gasteiger partial charge in [0.05, 0.1) is 12.7 Å². The van der Waals surface area contributed by atoms with Gasteiger partial charge in [-0.1, -0.05) is 12.5 Å². The van der Waals surface area contributed by atoms with Gasteiger partial charge in [0.1, 0.15) is 17.6 Å². The molecule has 1 aromatic heterocycles. The van der Waals surface area contributed by atoms with Crippen LogP contribution in [0, 0.1) is 18.3 Å². The van der Waals surface area contributed by atoms with Crippen LogP contribution in [0.5, 0.6) is 0 Å². The van der Waals surface area contributed by atoms with E-state index in [0.717, 1.165) is 44.0 Å². The lowest BCUT2D eigenvalue weighted by molar-refractivity contribution is 0.0467. The molecule has 3 rings (SSSR count). The van der Waals surface area contributed by atoms with Crippen molar-refractivity contribution in [3.05, 3.63) is 23.4 Å². The van der Waals surface area contributed by atoms with Crippen LogP contribution < -0.4 is 4.90 Å². The van der Waals surface area contributed by atoms with Crippen molar-refractivity contribution < 1.29 is 4.74 Å². The Morgan fingerprint density at radius 1 is 1.26 bits per heavy atom. The number of ether oxygens (including phenoxy) is 1. The van der Waals surface area contributed by atoms with Gasteiger partial charge in [-0.15, -0.1) is 0 Å². The molecule has 0 saturated carbocycles. The Morgan fingerprint density at radius 3 is 2.87 bits per heavy atom. The van der Waals surface area contributed by atoms with E-state index in [1.54, 1.807) is 0 Å². The first-order valence-corrected chi connectivity index (χ1v) is 8.73. The average molecular weight is 314 g/mol. The van der Waals surface area contributed by atoms with Gasteiger partial charge in [0.25, 0.3) is 0 Å². The van der Waals surface area contributed by atoms with Gasteiger partial charge in [0, 0.05) is 19.6 Å². The second-order valence-corrected chi connectivity index (χ2v) is 6.58. The summed E-state index contributed by atoms with van der Waals surface area (Å²) < 4.78 is 6.06. The number of pyridine rings is 1. The van der Waals surface area contributed by atoms with Crippen LogP contribution in [0.2, 0.25) is 0 Å². The van der Waals surface area contributed by atoms with Crippen molar-refractivity contribution in [2.24, 2.45) is 0 Å². The molecule has 5 nitrogen and oxygen atoms in total. The zero-order valence-corrected chi connectivity index (χ0v) is 14.0. The second kappa shape index (κ2) is 7.76. The van der Waals surface area contributed by atoms with Crippen molar-refractivity contribution in [1.82, 2.24) is 9.88 Å². The maximum atomic E-state index is 9.12. The molecule has 0 N–H and O–H groups in total. The van der Waals surface area contributed by atoms with E-state index in [1.165, 1.54) is 32.4 Å². The lowest BCUT2D eigenvalue weighted by Gasteiger charge is -2.26. The number of piperidine rings is 1. The molecule has 5 heteroatoms. The first kappa shape index (κ1) is 16.2. The number of aromatic nitrogens is 1. The van der Waals surface area contributed by atoms with Crippen LogP contribution in [0.1, 0.15) is 36.9 Å². The molecule has 1 atom stereocenters. The molecule has 2 saturated heterocycles. The molecule has 0 aromatic carbocycles. The minimum absolute atomic E-state index is 0.286. The number of nitrogens with zero attached hydrogens (tertiary/aromatic N) is 4. The Kier molecular flexibility index (Phi) is 5.47. The Morgan fingerprint density at radius 2 is 2.09 bits per heavy atom. The zero-order chi connectivity index (χ0) is 16.1. The van der Waals surface area contributed by atoms with Gasteiger partial charge in [-0.3, -0.25) is 0 Å². The Balaban J connectivity index is 1.46. The molecule has 0 radical (unpaired) electrons. The monoisotopic (exact) mass is 314 g/mol. The number of rotatable bonds is 5. The molecule has 0 unspecified atom stereocenters. The van der Waals surface area contributed by atoms with E-state index in [1.807, 2.05) is 19.1 Å². The molecule has 23 heavy (non-hydrogen) atoms. The lowest BCUT2D eigenvalue weighted by Crippen LogP contribution is -2.34. The molecule has 0 amide bonds. The highest BCUT2D eigenvalue weighted by Gasteiger charge is 2.24. The summed E-state index contributed by atoms with van der Waals surface area (Å²) in [5.41, 5.74) is 1.46. The maximum Gasteiger partial charge on any atom is 0.145 e. The van der Waals surface area contributed by atoms with Crippen LogP contribution in [-0.4, -0.2) is 55.3 Å². The van der Waals surface area contributed by atoms with Crippen LogP contribution in [0.4, 0.5) is 5.82 Å². The van der Waals surface area contributed by atoms with Crippen molar-refractivity contribution in [1.29, 1.82) is 5.26 Å². The summed E-state index contributed by atoms with van der Waals surface area (Å²) in [5, 5.41) is 9.12. The van der Waals surface area contributed by atoms with Gasteiger partial charge < -0.3 is 14.5 Å². The predicted molar refractivity (Wildman–Crippen MR) is 90.6 cm³/mol. The van der Waals surface area contributed by atoms with Crippen LogP contribution in [0.25, 0.3) is 0 Å². The molecule has 0 aliphatic carbocycles. The van der Waals surface area contributed by atoms with Gasteiger partial charge in [-0.05, 0) is 50.9 Å². The average Bonchev–Trinajstić information content (AvgIpc) is 3.05. The standard InChI is InChI=1S/C18H26N4O/c1-15-5-6-18(20-17(15)13-19)22-10-7-16(14-22)23-12-11-21-8-3-2-4-9-21/h5-6,16H,2-4,7-12,14H2,1H3/t16-/m1/s1. The molecular weight excluding hydrogens is 288 g/mol. The van der Waals surface area contributed by atoms with E-state index < -0.39 is 0 Å². The van der Waals surface area contributed by atoms with Gasteiger partial charge >= 0.3 is 0 Å². The van der Waals surface area contributed by atoms with Crippen LogP contribution >= 0.6 is 0 Å². The number of anilines is 1. The van der Waals surface area contributed by atoms with Crippen molar-refractivity contribution in [3.63, 3.8) is 0 Å². The summed E-state index contributed by atoms with van der Waals surface area (Å²) >= 11 is 0. The molecular formula is C18H26N4O. The summed E-state index contributed by atoms with van der Waals surface area (Å²) in [6, 6.07) is 6.15. The third-order valence-electron chi connectivity index (χ3n) is 4.87. The fourth-order valence-electron chi connectivity index (χ4n) is 3.41. The number of nitriles is 1. The van der Waals surface area contributed by atoms with E-state index in [9.17, 15) is 0 Å². The number of hydrogen-bond donors (Lipinski definition) is 0. The van der Waals surface area contributed by atoms with Crippen LogP contribution in [0.15, 0.2) is 12.1 Å². The summed E-state index contributed by atoms with van der Waals surface area (Å²) in [6.07, 6.45) is 5.36. The van der Waals surface area contributed by atoms with E-state index in [0.29, 0.717) is 5.69 Å². The largest absolute Gasteiger partial charge is 0.375 e. The topological polar surface area (TPSA) is 52.4 Å². The first-order chi connectivity index (χ1) is 11.3. The van der Waals surface area contributed by atoms with Crippen molar-refractivity contribution in [2.75, 3.05) is 44.2 Å². The highest BCUT2D eigenvalue weighted by Crippen LogP contribution is 2.21. The van der Waals surface area contributed by atoms with Crippen molar-refractivity contribution in [2.45, 2.75) is 38.7 Å². The fraction of sp³-hybridized carbons (Fsp3) is 0.667. The molecule has 2 aliphatic rings. The summed E-state index contributed by atoms with van der Waals surface area (Å²) in [4.78, 5) is 9.20. The SMILES string of the molecule is Cc1ccc(N2CC[C@@H](OCCN3CCCCC3)C2)nc1C#N. The molecule has 1 aromatic rings. The fourth-order valence-corrected chi connectivity index (χ4v) is 3.41. The molecule has 0 spiro atoms. The molecule has 2 aliphatic heterocycles. The number of likely N-dealkylation sites (tertiary alicyclic amines) is 1. The molecule has 2 fully saturated rings. The van der Waals surface area contributed by atoms with Crippen molar-refractivity contribution >= 4 is 5.82 Å². The highest BCUT2D eigenvalue weighted by atomic mass is 16.5. The summed E-state index contributed by atoms with van der Waals surface area (Å²) in [7, 11) is 0. The molecule has 0 bridgehead atoms. The lowest BCUT2D eigenvalue weighted by atomic mass is 10.1. The number of aryl methyl sites for hydroxylation is 1. The van der Waals surface area contributed by atoms with E-state index in [-0.39, 0.29) is 6.10 Å². The quantitative estimate of drug-likeness (QED) is 0.835.